The van der Waals surface area contributed by atoms with Crippen LogP contribution in [0.1, 0.15) is 26.7 Å². The molecule has 0 saturated carbocycles. The van der Waals surface area contributed by atoms with Gasteiger partial charge in [-0.15, -0.1) is 0 Å². The van der Waals surface area contributed by atoms with E-state index in [-0.39, 0.29) is 18.7 Å². The highest BCUT2D eigenvalue weighted by molar-refractivity contribution is 5.95. The molecule has 0 aliphatic heterocycles. The van der Waals surface area contributed by atoms with Gasteiger partial charge in [0.25, 0.3) is 0 Å². The maximum Gasteiger partial charge on any atom is 0.328 e. The zero-order valence-electron chi connectivity index (χ0n) is 11.1. The second-order valence-corrected chi connectivity index (χ2v) is 3.64. The van der Waals surface area contributed by atoms with Gasteiger partial charge in [-0.3, -0.25) is 9.59 Å². The number of carbonyl (C=O) groups is 3. The van der Waals surface area contributed by atoms with Crippen LogP contribution in [0.2, 0.25) is 0 Å². The number of esters is 2. The third-order valence-electron chi connectivity index (χ3n) is 2.45. The Kier molecular flexibility index (Phi) is 7.42. The molecule has 0 radical (unpaired) electrons. The van der Waals surface area contributed by atoms with Crippen molar-refractivity contribution in [3.63, 3.8) is 0 Å². The van der Waals surface area contributed by atoms with E-state index in [1.54, 1.807) is 19.9 Å². The van der Waals surface area contributed by atoms with Gasteiger partial charge in [0.2, 0.25) is 5.91 Å². The fourth-order valence-corrected chi connectivity index (χ4v) is 1.16. The lowest BCUT2D eigenvalue weighted by Gasteiger charge is -2.16. The number of methoxy groups -OCH3 is 2. The van der Waals surface area contributed by atoms with Crippen LogP contribution in [0, 0.1) is 0 Å². The van der Waals surface area contributed by atoms with E-state index in [1.165, 1.54) is 14.2 Å². The smallest absolute Gasteiger partial charge is 0.328 e. The van der Waals surface area contributed by atoms with Crippen LogP contribution in [-0.4, -0.2) is 38.1 Å². The molecule has 0 aromatic carbocycles. The average Bonchev–Trinajstić information content (AvgIpc) is 2.40. The van der Waals surface area contributed by atoms with E-state index >= 15 is 0 Å². The Labute approximate surface area is 106 Å². The van der Waals surface area contributed by atoms with Crippen LogP contribution >= 0.6 is 0 Å². The van der Waals surface area contributed by atoms with Crippen LogP contribution in [0.4, 0.5) is 0 Å². The third kappa shape index (κ3) is 5.47. The molecule has 0 aliphatic rings. The Morgan fingerprint density at radius 1 is 1.22 bits per heavy atom. The largest absolute Gasteiger partial charge is 0.469 e. The highest BCUT2D eigenvalue weighted by atomic mass is 16.5. The van der Waals surface area contributed by atoms with Gasteiger partial charge in [-0.05, 0) is 20.3 Å². The topological polar surface area (TPSA) is 81.7 Å². The second kappa shape index (κ2) is 8.27. The van der Waals surface area contributed by atoms with E-state index in [0.29, 0.717) is 5.57 Å². The van der Waals surface area contributed by atoms with Crippen molar-refractivity contribution in [3.8, 4) is 0 Å². The van der Waals surface area contributed by atoms with Crippen molar-refractivity contribution in [2.75, 3.05) is 14.2 Å². The summed E-state index contributed by atoms with van der Waals surface area (Å²) >= 11 is 0. The van der Waals surface area contributed by atoms with Gasteiger partial charge in [-0.2, -0.15) is 0 Å². The Morgan fingerprint density at radius 2 is 1.83 bits per heavy atom. The van der Waals surface area contributed by atoms with E-state index in [2.05, 4.69) is 14.8 Å². The van der Waals surface area contributed by atoms with Gasteiger partial charge in [0, 0.05) is 12.0 Å². The first-order chi connectivity index (χ1) is 8.46. The quantitative estimate of drug-likeness (QED) is 0.555. The van der Waals surface area contributed by atoms with Crippen molar-refractivity contribution in [1.82, 2.24) is 5.32 Å². The molecule has 0 aliphatic carbocycles. The number of carbonyl (C=O) groups excluding carboxylic acids is 3. The molecule has 6 heteroatoms. The zero-order valence-corrected chi connectivity index (χ0v) is 11.1. The molecule has 18 heavy (non-hydrogen) atoms. The first-order valence-corrected chi connectivity index (χ1v) is 5.54. The fourth-order valence-electron chi connectivity index (χ4n) is 1.16. The molecule has 1 atom stereocenters. The highest BCUT2D eigenvalue weighted by Gasteiger charge is 2.22. The Hall–Kier alpha value is -1.85. The molecule has 0 aromatic heterocycles. The number of amides is 1. The molecule has 102 valence electrons. The van der Waals surface area contributed by atoms with Gasteiger partial charge in [0.15, 0.2) is 0 Å². The number of hydrogen-bond donors (Lipinski definition) is 1. The molecule has 0 aromatic rings. The number of allylic oxidation sites excluding steroid dienone is 1. The zero-order chi connectivity index (χ0) is 14.1. The first kappa shape index (κ1) is 16.1. The van der Waals surface area contributed by atoms with Crippen molar-refractivity contribution in [3.05, 3.63) is 11.6 Å². The van der Waals surface area contributed by atoms with Gasteiger partial charge in [-0.25, -0.2) is 4.79 Å². The number of ether oxygens (including phenoxy) is 2. The summed E-state index contributed by atoms with van der Waals surface area (Å²) in [5, 5.41) is 2.51. The molecule has 0 heterocycles. The summed E-state index contributed by atoms with van der Waals surface area (Å²) in [4.78, 5) is 34.1. The van der Waals surface area contributed by atoms with Crippen LogP contribution < -0.4 is 5.32 Å². The number of hydrogen-bond acceptors (Lipinski definition) is 5. The van der Waals surface area contributed by atoms with Crippen LogP contribution in [0.5, 0.6) is 0 Å². The molecule has 0 rings (SSSR count). The summed E-state index contributed by atoms with van der Waals surface area (Å²) < 4.78 is 9.04. The summed E-state index contributed by atoms with van der Waals surface area (Å²) in [7, 11) is 2.49. The monoisotopic (exact) mass is 257 g/mol. The van der Waals surface area contributed by atoms with Crippen molar-refractivity contribution in [2.24, 2.45) is 0 Å². The Bertz CT molecular complexity index is 348. The first-order valence-electron chi connectivity index (χ1n) is 5.54. The molecule has 0 saturated heterocycles. The van der Waals surface area contributed by atoms with Crippen molar-refractivity contribution < 1.29 is 23.9 Å². The predicted molar refractivity (Wildman–Crippen MR) is 64.6 cm³/mol. The lowest BCUT2D eigenvalue weighted by Crippen LogP contribution is -2.42. The molecule has 0 spiro atoms. The van der Waals surface area contributed by atoms with Gasteiger partial charge < -0.3 is 14.8 Å². The molecule has 1 amide bonds. The molecule has 1 N–H and O–H groups in total. The van der Waals surface area contributed by atoms with Gasteiger partial charge in [-0.1, -0.05) is 6.08 Å². The maximum atomic E-state index is 11.6. The summed E-state index contributed by atoms with van der Waals surface area (Å²) in [5.74, 6) is -1.39. The summed E-state index contributed by atoms with van der Waals surface area (Å²) in [6, 6.07) is -0.850. The number of rotatable bonds is 6. The highest BCUT2D eigenvalue weighted by Crippen LogP contribution is 2.03. The summed E-state index contributed by atoms with van der Waals surface area (Å²) in [6.45, 7) is 3.35. The normalized spacial score (nSPS) is 12.6. The standard InChI is InChI=1S/C12H19NO5/c1-5-8(2)11(15)13-9(12(16)18-4)6-7-10(14)17-3/h5,9H,6-7H2,1-4H3,(H,13,15)/b8-5+. The van der Waals surface area contributed by atoms with Crippen LogP contribution in [0.25, 0.3) is 0 Å². The third-order valence-corrected chi connectivity index (χ3v) is 2.45. The Balaban J connectivity index is 4.55. The van der Waals surface area contributed by atoms with Crippen LogP contribution in [-0.2, 0) is 23.9 Å². The van der Waals surface area contributed by atoms with E-state index in [1.807, 2.05) is 0 Å². The average molecular weight is 257 g/mol. The predicted octanol–water partition coefficient (Wildman–Crippen LogP) is 0.564. The van der Waals surface area contributed by atoms with Crippen molar-refractivity contribution in [1.29, 1.82) is 0 Å². The molecule has 0 fully saturated rings. The minimum atomic E-state index is -0.850. The van der Waals surface area contributed by atoms with E-state index in [9.17, 15) is 14.4 Å². The van der Waals surface area contributed by atoms with E-state index in [4.69, 9.17) is 0 Å². The SMILES string of the molecule is C/C=C(\C)C(=O)NC(CCC(=O)OC)C(=O)OC. The molecular formula is C12H19NO5. The van der Waals surface area contributed by atoms with Crippen LogP contribution in [0.15, 0.2) is 11.6 Å². The van der Waals surface area contributed by atoms with Crippen molar-refractivity contribution >= 4 is 17.8 Å². The Morgan fingerprint density at radius 3 is 2.28 bits per heavy atom. The minimum Gasteiger partial charge on any atom is -0.469 e. The molecule has 6 nitrogen and oxygen atoms in total. The fraction of sp³-hybridized carbons (Fsp3) is 0.583. The summed E-state index contributed by atoms with van der Waals surface area (Å²) in [5.41, 5.74) is 0.488. The second-order valence-electron chi connectivity index (χ2n) is 3.64. The van der Waals surface area contributed by atoms with Gasteiger partial charge in [0.05, 0.1) is 14.2 Å². The lowest BCUT2D eigenvalue weighted by atomic mass is 10.1. The van der Waals surface area contributed by atoms with Crippen molar-refractivity contribution in [2.45, 2.75) is 32.7 Å². The van der Waals surface area contributed by atoms with Gasteiger partial charge in [0.1, 0.15) is 6.04 Å². The van der Waals surface area contributed by atoms with Gasteiger partial charge >= 0.3 is 11.9 Å². The molecular weight excluding hydrogens is 238 g/mol. The molecule has 0 bridgehead atoms. The maximum absolute atomic E-state index is 11.6. The number of nitrogens with one attached hydrogen (secondary N) is 1. The lowest BCUT2D eigenvalue weighted by molar-refractivity contribution is -0.146. The van der Waals surface area contributed by atoms with Crippen LogP contribution in [0.3, 0.4) is 0 Å². The molecule has 1 unspecified atom stereocenters. The van der Waals surface area contributed by atoms with E-state index < -0.39 is 18.0 Å². The summed E-state index contributed by atoms with van der Waals surface area (Å²) in [6.07, 6.45) is 1.80. The van der Waals surface area contributed by atoms with E-state index in [0.717, 1.165) is 0 Å². The minimum absolute atomic E-state index is 0.0332.